The largest absolute Gasteiger partial charge is 0.495 e. The number of aliphatic carboxylic acids is 1. The van der Waals surface area contributed by atoms with Crippen LogP contribution >= 0.6 is 0 Å². The lowest BCUT2D eigenvalue weighted by Gasteiger charge is -2.31. The maximum Gasteiger partial charge on any atom is 0.328 e. The maximum atomic E-state index is 10.7. The van der Waals surface area contributed by atoms with E-state index in [-0.39, 0.29) is 0 Å². The average Bonchev–Trinajstić information content (AvgIpc) is 2.39. The molecule has 2 rings (SSSR count). The third-order valence-electron chi connectivity index (χ3n) is 3.41. The second-order valence-corrected chi connectivity index (χ2v) is 4.80. The molecule has 0 bridgehead atoms. The van der Waals surface area contributed by atoms with Crippen LogP contribution in [-0.4, -0.2) is 31.3 Å². The van der Waals surface area contributed by atoms with Gasteiger partial charge in [-0.1, -0.05) is 11.6 Å². The van der Waals surface area contributed by atoms with Crippen molar-refractivity contribution in [2.24, 2.45) is 0 Å². The first-order valence-electron chi connectivity index (χ1n) is 6.42. The molecule has 0 aliphatic carbocycles. The van der Waals surface area contributed by atoms with Crippen molar-refractivity contribution in [3.05, 3.63) is 35.4 Å². The fourth-order valence-corrected chi connectivity index (χ4v) is 2.40. The van der Waals surface area contributed by atoms with E-state index in [0.717, 1.165) is 42.9 Å². The summed E-state index contributed by atoms with van der Waals surface area (Å²) < 4.78 is 5.39. The highest BCUT2D eigenvalue weighted by Gasteiger charge is 2.18. The number of carboxylic acid groups (broad SMARTS) is 1. The molecule has 19 heavy (non-hydrogen) atoms. The normalized spacial score (nSPS) is 15.3. The van der Waals surface area contributed by atoms with Crippen LogP contribution in [0.1, 0.15) is 18.4 Å². The van der Waals surface area contributed by atoms with E-state index in [2.05, 4.69) is 17.9 Å². The predicted octanol–water partition coefficient (Wildman–Crippen LogP) is 2.61. The number of carbonyl (C=O) groups is 1. The van der Waals surface area contributed by atoms with Gasteiger partial charge < -0.3 is 14.7 Å². The summed E-state index contributed by atoms with van der Waals surface area (Å²) in [6.07, 6.45) is 2.93. The van der Waals surface area contributed by atoms with Crippen LogP contribution in [0.5, 0.6) is 5.75 Å². The lowest BCUT2D eigenvalue weighted by atomic mass is 10.0. The first-order valence-corrected chi connectivity index (χ1v) is 6.42. The summed E-state index contributed by atoms with van der Waals surface area (Å²) in [6.45, 7) is 3.72. The predicted molar refractivity (Wildman–Crippen MR) is 74.9 cm³/mol. The summed E-state index contributed by atoms with van der Waals surface area (Å²) in [4.78, 5) is 12.9. The van der Waals surface area contributed by atoms with Crippen molar-refractivity contribution < 1.29 is 14.6 Å². The smallest absolute Gasteiger partial charge is 0.328 e. The third kappa shape index (κ3) is 3.28. The Morgan fingerprint density at radius 1 is 1.37 bits per heavy atom. The SMILES string of the molecule is COc1ccc(C)cc1N1CCC(=CC(=O)O)CC1. The molecule has 1 aliphatic heterocycles. The molecule has 0 atom stereocenters. The van der Waals surface area contributed by atoms with Crippen LogP contribution in [-0.2, 0) is 4.79 Å². The minimum absolute atomic E-state index is 0.795. The number of anilines is 1. The van der Waals surface area contributed by atoms with Gasteiger partial charge in [0.2, 0.25) is 0 Å². The molecule has 0 amide bonds. The summed E-state index contributed by atoms with van der Waals surface area (Å²) >= 11 is 0. The van der Waals surface area contributed by atoms with Gasteiger partial charge in [0.25, 0.3) is 0 Å². The van der Waals surface area contributed by atoms with Crippen LogP contribution in [0.15, 0.2) is 29.8 Å². The molecule has 1 saturated heterocycles. The Kier molecular flexibility index (Phi) is 4.10. The fourth-order valence-electron chi connectivity index (χ4n) is 2.40. The van der Waals surface area contributed by atoms with E-state index >= 15 is 0 Å². The number of hydrogen-bond donors (Lipinski definition) is 1. The number of hydrogen-bond acceptors (Lipinski definition) is 3. The molecule has 0 unspecified atom stereocenters. The molecule has 1 aliphatic rings. The standard InChI is InChI=1S/C15H19NO3/c1-11-3-4-14(19-2)13(9-11)16-7-5-12(6-8-16)10-15(17)18/h3-4,9-10H,5-8H2,1-2H3,(H,17,18). The molecule has 0 radical (unpaired) electrons. The Balaban J connectivity index is 2.13. The molecule has 1 aromatic carbocycles. The van der Waals surface area contributed by atoms with Crippen LogP contribution in [0.25, 0.3) is 0 Å². The zero-order valence-corrected chi connectivity index (χ0v) is 11.3. The van der Waals surface area contributed by atoms with Crippen LogP contribution in [0, 0.1) is 6.92 Å². The first kappa shape index (κ1) is 13.5. The van der Waals surface area contributed by atoms with Gasteiger partial charge in [0.05, 0.1) is 12.8 Å². The second kappa shape index (κ2) is 5.78. The number of carboxylic acids is 1. The highest BCUT2D eigenvalue weighted by atomic mass is 16.5. The molecule has 1 heterocycles. The van der Waals surface area contributed by atoms with Crippen LogP contribution in [0.2, 0.25) is 0 Å². The van der Waals surface area contributed by atoms with Crippen LogP contribution in [0.3, 0.4) is 0 Å². The van der Waals surface area contributed by atoms with E-state index in [0.29, 0.717) is 0 Å². The summed E-state index contributed by atoms with van der Waals surface area (Å²) in [6, 6.07) is 6.13. The number of methoxy groups -OCH3 is 1. The Labute approximate surface area is 113 Å². The zero-order chi connectivity index (χ0) is 13.8. The Hall–Kier alpha value is -1.97. The number of nitrogens with zero attached hydrogens (tertiary/aromatic N) is 1. The van der Waals surface area contributed by atoms with E-state index in [4.69, 9.17) is 9.84 Å². The average molecular weight is 261 g/mol. The monoisotopic (exact) mass is 261 g/mol. The molecular weight excluding hydrogens is 242 g/mol. The van der Waals surface area contributed by atoms with Gasteiger partial charge in [-0.3, -0.25) is 0 Å². The van der Waals surface area contributed by atoms with Gasteiger partial charge in [-0.05, 0) is 37.5 Å². The van der Waals surface area contributed by atoms with E-state index in [1.54, 1.807) is 7.11 Å². The first-order chi connectivity index (χ1) is 9.10. The van der Waals surface area contributed by atoms with Gasteiger partial charge in [-0.25, -0.2) is 4.79 Å². The molecule has 1 aromatic rings. The summed E-state index contributed by atoms with van der Waals surface area (Å²) in [5.74, 6) is 0.0212. The van der Waals surface area contributed by atoms with E-state index in [9.17, 15) is 4.79 Å². The molecule has 0 spiro atoms. The van der Waals surface area contributed by atoms with Gasteiger partial charge in [-0.2, -0.15) is 0 Å². The number of benzene rings is 1. The van der Waals surface area contributed by atoms with Crippen LogP contribution < -0.4 is 9.64 Å². The van der Waals surface area contributed by atoms with E-state index < -0.39 is 5.97 Å². The molecule has 0 aromatic heterocycles. The van der Waals surface area contributed by atoms with Crippen molar-refractivity contribution >= 4 is 11.7 Å². The quantitative estimate of drug-likeness (QED) is 0.850. The summed E-state index contributed by atoms with van der Waals surface area (Å²) in [5, 5.41) is 8.76. The maximum absolute atomic E-state index is 10.7. The number of rotatable bonds is 3. The minimum Gasteiger partial charge on any atom is -0.495 e. The molecule has 102 valence electrons. The minimum atomic E-state index is -0.850. The van der Waals surface area contributed by atoms with Crippen molar-refractivity contribution in [3.63, 3.8) is 0 Å². The molecule has 4 nitrogen and oxygen atoms in total. The molecule has 1 fully saturated rings. The Morgan fingerprint density at radius 3 is 2.63 bits per heavy atom. The van der Waals surface area contributed by atoms with Crippen molar-refractivity contribution in [2.45, 2.75) is 19.8 Å². The van der Waals surface area contributed by atoms with Crippen molar-refractivity contribution in [2.75, 3.05) is 25.1 Å². The van der Waals surface area contributed by atoms with Gasteiger partial charge in [0.15, 0.2) is 0 Å². The summed E-state index contributed by atoms with van der Waals surface area (Å²) in [5.41, 5.74) is 3.30. The van der Waals surface area contributed by atoms with Crippen molar-refractivity contribution in [1.82, 2.24) is 0 Å². The molecule has 1 N–H and O–H groups in total. The van der Waals surface area contributed by atoms with Gasteiger partial charge in [-0.15, -0.1) is 0 Å². The Morgan fingerprint density at radius 2 is 2.05 bits per heavy atom. The lowest BCUT2D eigenvalue weighted by Crippen LogP contribution is -2.31. The van der Waals surface area contributed by atoms with E-state index in [1.165, 1.54) is 11.6 Å². The number of ether oxygens (including phenoxy) is 1. The number of piperidine rings is 1. The zero-order valence-electron chi connectivity index (χ0n) is 11.3. The van der Waals surface area contributed by atoms with Gasteiger partial charge in [0.1, 0.15) is 5.75 Å². The van der Waals surface area contributed by atoms with E-state index in [1.807, 2.05) is 12.1 Å². The Bertz CT molecular complexity index is 498. The lowest BCUT2D eigenvalue weighted by molar-refractivity contribution is -0.131. The van der Waals surface area contributed by atoms with Crippen LogP contribution in [0.4, 0.5) is 5.69 Å². The summed E-state index contributed by atoms with van der Waals surface area (Å²) in [7, 11) is 1.67. The van der Waals surface area contributed by atoms with Gasteiger partial charge in [0, 0.05) is 19.2 Å². The fraction of sp³-hybridized carbons (Fsp3) is 0.400. The molecular formula is C15H19NO3. The highest BCUT2D eigenvalue weighted by molar-refractivity contribution is 5.80. The topological polar surface area (TPSA) is 49.8 Å². The molecule has 0 saturated carbocycles. The highest BCUT2D eigenvalue weighted by Crippen LogP contribution is 2.32. The van der Waals surface area contributed by atoms with Crippen molar-refractivity contribution in [1.29, 1.82) is 0 Å². The molecule has 4 heteroatoms. The van der Waals surface area contributed by atoms with Crippen molar-refractivity contribution in [3.8, 4) is 5.75 Å². The third-order valence-corrected chi connectivity index (χ3v) is 3.41. The van der Waals surface area contributed by atoms with Gasteiger partial charge >= 0.3 is 5.97 Å². The number of aryl methyl sites for hydroxylation is 1. The second-order valence-electron chi connectivity index (χ2n) is 4.80.